The fourth-order valence-electron chi connectivity index (χ4n) is 5.77. The summed E-state index contributed by atoms with van der Waals surface area (Å²) in [5, 5.41) is 0. The number of hydrogen-bond acceptors (Lipinski definition) is 3. The van der Waals surface area contributed by atoms with E-state index in [-0.39, 0.29) is 11.4 Å². The van der Waals surface area contributed by atoms with Crippen molar-refractivity contribution in [2.75, 3.05) is 32.9 Å². The molecule has 41 heavy (non-hydrogen) atoms. The normalized spacial score (nSPS) is 14.5. The van der Waals surface area contributed by atoms with E-state index in [2.05, 4.69) is 150 Å². The lowest BCUT2D eigenvalue weighted by Gasteiger charge is -2.44. The topological polar surface area (TPSA) is 21.7 Å². The molecule has 0 aromatic heterocycles. The van der Waals surface area contributed by atoms with Gasteiger partial charge in [0.15, 0.2) is 0 Å². The molecule has 5 heteroatoms. The molecule has 0 aliphatic carbocycles. The van der Waals surface area contributed by atoms with Gasteiger partial charge in [-0.25, -0.2) is 0 Å². The van der Waals surface area contributed by atoms with Crippen LogP contribution in [0.2, 0.25) is 0 Å². The second kappa shape index (κ2) is 14.9. The van der Waals surface area contributed by atoms with Gasteiger partial charge in [-0.05, 0) is 19.1 Å². The molecule has 1 aliphatic heterocycles. The molecule has 0 N–H and O–H groups in total. The molecule has 1 saturated heterocycles. The summed E-state index contributed by atoms with van der Waals surface area (Å²) in [7, 11) is 0. The second-order valence-corrected chi connectivity index (χ2v) is 11.7. The number of morpholine rings is 1. The number of hydrogen-bond donors (Lipinski definition) is 0. The van der Waals surface area contributed by atoms with Gasteiger partial charge in [0.05, 0.1) is 26.3 Å². The van der Waals surface area contributed by atoms with Gasteiger partial charge in [-0.1, -0.05) is 144 Å². The highest BCUT2D eigenvalue weighted by Crippen LogP contribution is 2.20. The molecule has 0 amide bonds. The van der Waals surface area contributed by atoms with E-state index in [9.17, 15) is 0 Å². The Morgan fingerprint density at radius 3 is 1.24 bits per heavy atom. The van der Waals surface area contributed by atoms with Crippen LogP contribution in [-0.4, -0.2) is 43.4 Å². The smallest absolute Gasteiger partial charge is 0.280 e. The molecule has 3 nitrogen and oxygen atoms in total. The van der Waals surface area contributed by atoms with Crippen LogP contribution >= 0.6 is 0 Å². The zero-order chi connectivity index (χ0) is 28.2. The fourth-order valence-corrected chi connectivity index (χ4v) is 7.45. The van der Waals surface area contributed by atoms with Gasteiger partial charge in [0, 0.05) is 0 Å². The van der Waals surface area contributed by atoms with Crippen molar-refractivity contribution in [3.8, 4) is 0 Å². The summed E-state index contributed by atoms with van der Waals surface area (Å²) in [5.74, 6) is 0. The van der Waals surface area contributed by atoms with Crippen LogP contribution in [0.5, 0.6) is 0 Å². The number of nitrogens with zero attached hydrogens (tertiary/aromatic N) is 1. The van der Waals surface area contributed by atoms with Crippen LogP contribution in [0.15, 0.2) is 157 Å². The first-order valence-electron chi connectivity index (χ1n) is 14.5. The minimum absolute atomic E-state index is 0.221. The van der Waals surface area contributed by atoms with Crippen LogP contribution in [0, 0.1) is 0 Å². The molecule has 0 spiro atoms. The molecule has 1 unspecified atom stereocenters. The maximum absolute atomic E-state index is 5.87. The lowest BCUT2D eigenvalue weighted by atomic mass is 9.13. The molecular weight excluding hydrogens is 521 g/mol. The molecule has 0 radical (unpaired) electrons. The molecule has 5 aromatic rings. The summed E-state index contributed by atoms with van der Waals surface area (Å²) >= 11 is -0.221. The van der Waals surface area contributed by atoms with E-state index >= 15 is 0 Å². The van der Waals surface area contributed by atoms with E-state index in [0.717, 1.165) is 32.9 Å². The maximum atomic E-state index is 5.87. The van der Waals surface area contributed by atoms with E-state index in [4.69, 9.17) is 8.92 Å². The summed E-state index contributed by atoms with van der Waals surface area (Å²) in [6, 6.07) is 54.0. The van der Waals surface area contributed by atoms with Crippen molar-refractivity contribution in [1.29, 1.82) is 0 Å². The Hall–Kier alpha value is -3.61. The third-order valence-corrected chi connectivity index (χ3v) is 9.55. The minimum atomic E-state index is -1.22. The third-order valence-electron chi connectivity index (χ3n) is 7.58. The Labute approximate surface area is 248 Å². The molecule has 1 fully saturated rings. The first-order chi connectivity index (χ1) is 20.3. The van der Waals surface area contributed by atoms with Crippen molar-refractivity contribution < 1.29 is 8.92 Å². The Balaban J connectivity index is 0.000000182. The third kappa shape index (κ3) is 6.83. The van der Waals surface area contributed by atoms with E-state index in [1.54, 1.807) is 0 Å². The van der Waals surface area contributed by atoms with Gasteiger partial charge in [-0.3, -0.25) is 0 Å². The molecule has 0 saturated carbocycles. The fraction of sp³-hybridized carbons (Fsp3) is 0.167. The van der Waals surface area contributed by atoms with Gasteiger partial charge in [0.2, 0.25) is 4.90 Å². The van der Waals surface area contributed by atoms with Crippen molar-refractivity contribution in [2.45, 2.75) is 11.8 Å². The number of benzene rings is 5. The Kier molecular flexibility index (Phi) is 10.5. The van der Waals surface area contributed by atoms with Gasteiger partial charge in [-0.2, -0.15) is 21.9 Å². The Morgan fingerprint density at radius 1 is 0.561 bits per heavy atom. The van der Waals surface area contributed by atoms with Crippen LogP contribution in [-0.2, 0) is 20.3 Å². The van der Waals surface area contributed by atoms with E-state index < -0.39 is 6.15 Å². The summed E-state index contributed by atoms with van der Waals surface area (Å²) < 4.78 is 13.6. The molecule has 0 bridgehead atoms. The molecule has 1 atom stereocenters. The molecule has 1 aliphatic rings. The standard InChI is InChI=1S/C24H20B.C12H18NO2S/c1-5-13-21(14-6-1)25(22-15-7-2-8-16-22,23-17-9-3-10-18-23)24-19-11-4-12-20-24;1-2-15-16(12-6-4-3-5-7-12)13-8-10-14-11-9-13/h1-20H;3-7H,2,8-11H2,1H3/q-1;+1. The van der Waals surface area contributed by atoms with Crippen LogP contribution in [0.25, 0.3) is 0 Å². The van der Waals surface area contributed by atoms with Crippen LogP contribution in [0.4, 0.5) is 0 Å². The number of rotatable bonds is 8. The van der Waals surface area contributed by atoms with Crippen molar-refractivity contribution in [3.63, 3.8) is 0 Å². The van der Waals surface area contributed by atoms with Crippen molar-refractivity contribution in [2.24, 2.45) is 0 Å². The lowest BCUT2D eigenvalue weighted by Crippen LogP contribution is -2.74. The summed E-state index contributed by atoms with van der Waals surface area (Å²) in [6.07, 6.45) is -1.22. The van der Waals surface area contributed by atoms with Crippen LogP contribution < -0.4 is 21.9 Å². The zero-order valence-corrected chi connectivity index (χ0v) is 24.5. The van der Waals surface area contributed by atoms with Gasteiger partial charge >= 0.3 is 0 Å². The van der Waals surface area contributed by atoms with Crippen molar-refractivity contribution in [3.05, 3.63) is 152 Å². The quantitative estimate of drug-likeness (QED) is 0.199. The summed E-state index contributed by atoms with van der Waals surface area (Å²) in [5.41, 5.74) is 5.36. The maximum Gasteiger partial charge on any atom is 0.280 e. The zero-order valence-electron chi connectivity index (χ0n) is 23.7. The van der Waals surface area contributed by atoms with Gasteiger partial charge in [-0.15, -0.1) is 4.18 Å². The highest BCUT2D eigenvalue weighted by molar-refractivity contribution is 7.90. The second-order valence-electron chi connectivity index (χ2n) is 10.0. The average molecular weight is 560 g/mol. The highest BCUT2D eigenvalue weighted by atomic mass is 32.2. The van der Waals surface area contributed by atoms with Gasteiger partial charge in [0.25, 0.3) is 11.4 Å². The predicted molar refractivity (Wildman–Crippen MR) is 176 cm³/mol. The van der Waals surface area contributed by atoms with Crippen LogP contribution in [0.1, 0.15) is 6.92 Å². The van der Waals surface area contributed by atoms with E-state index in [1.165, 1.54) is 26.7 Å². The molecule has 6 rings (SSSR count). The summed E-state index contributed by atoms with van der Waals surface area (Å²) in [4.78, 5) is 1.26. The first kappa shape index (κ1) is 28.9. The Morgan fingerprint density at radius 2 is 0.902 bits per heavy atom. The largest absolute Gasteiger partial charge is 0.378 e. The molecular formula is C36H38BNO2S. The number of ether oxygens (including phenoxy) is 1. The molecule has 208 valence electrons. The lowest BCUT2D eigenvalue weighted by molar-refractivity contribution is 0.0718. The first-order valence-corrected chi connectivity index (χ1v) is 15.6. The highest BCUT2D eigenvalue weighted by Gasteiger charge is 2.35. The van der Waals surface area contributed by atoms with E-state index in [1.807, 2.05) is 13.0 Å². The average Bonchev–Trinajstić information content (AvgIpc) is 3.07. The molecule has 1 heterocycles. The van der Waals surface area contributed by atoms with Gasteiger partial charge < -0.3 is 4.74 Å². The Bertz CT molecular complexity index is 1250. The van der Waals surface area contributed by atoms with Crippen molar-refractivity contribution >= 4 is 39.4 Å². The SMILES string of the molecule is CCO[S+](c1ccccc1)N1CCOCC1.c1ccc([B-](c2ccccc2)(c2ccccc2)c2ccccc2)cc1. The minimum Gasteiger partial charge on any atom is -0.378 e. The van der Waals surface area contributed by atoms with E-state index in [0.29, 0.717) is 0 Å². The predicted octanol–water partition coefficient (Wildman–Crippen LogP) is 4.93. The molecule has 5 aromatic carbocycles. The van der Waals surface area contributed by atoms with Gasteiger partial charge in [0.1, 0.15) is 12.8 Å². The summed E-state index contributed by atoms with van der Waals surface area (Å²) in [6.45, 7) is 6.32. The van der Waals surface area contributed by atoms with Crippen molar-refractivity contribution in [1.82, 2.24) is 4.31 Å². The monoisotopic (exact) mass is 559 g/mol. The van der Waals surface area contributed by atoms with Crippen LogP contribution in [0.3, 0.4) is 0 Å².